The fourth-order valence-corrected chi connectivity index (χ4v) is 5.61. The molecule has 0 radical (unpaired) electrons. The molecule has 2 N–H and O–H groups in total. The van der Waals surface area contributed by atoms with Crippen LogP contribution in [0.4, 0.5) is 5.69 Å². The molecule has 1 saturated heterocycles. The number of benzene rings is 2. The Hall–Kier alpha value is -3.51. The van der Waals surface area contributed by atoms with Gasteiger partial charge in [0, 0.05) is 37.6 Å². The van der Waals surface area contributed by atoms with Crippen molar-refractivity contribution in [3.63, 3.8) is 0 Å². The maximum absolute atomic E-state index is 13.0. The first-order chi connectivity index (χ1) is 16.1. The van der Waals surface area contributed by atoms with Crippen molar-refractivity contribution in [3.05, 3.63) is 94.8 Å². The summed E-state index contributed by atoms with van der Waals surface area (Å²) in [5.41, 5.74) is 5.16. The number of carbonyl (C=O) groups is 2. The number of amides is 2. The highest BCUT2D eigenvalue weighted by Gasteiger charge is 2.50. The number of aromatic nitrogens is 1. The van der Waals surface area contributed by atoms with Crippen molar-refractivity contribution in [3.8, 4) is 0 Å². The zero-order valence-electron chi connectivity index (χ0n) is 18.4. The summed E-state index contributed by atoms with van der Waals surface area (Å²) in [7, 11) is 0. The number of carbonyl (C=O) groups excluding carboxylic acids is 2. The number of hydrogen-bond donors (Lipinski definition) is 2. The van der Waals surface area contributed by atoms with Crippen molar-refractivity contribution in [2.75, 3.05) is 18.4 Å². The van der Waals surface area contributed by atoms with Gasteiger partial charge in [0.05, 0.1) is 5.41 Å². The van der Waals surface area contributed by atoms with Gasteiger partial charge >= 0.3 is 0 Å². The number of fused-ring (bicyclic) bond motifs is 3. The summed E-state index contributed by atoms with van der Waals surface area (Å²) in [5, 5.41) is 6.19. The monoisotopic (exact) mass is 438 g/mol. The topological polar surface area (TPSA) is 74.3 Å². The molecular formula is C27H26N4O2. The van der Waals surface area contributed by atoms with Crippen LogP contribution in [0.15, 0.2) is 66.9 Å². The van der Waals surface area contributed by atoms with Crippen LogP contribution in [-0.2, 0) is 29.6 Å². The zero-order chi connectivity index (χ0) is 22.4. The Balaban J connectivity index is 1.14. The molecule has 2 amide bonds. The van der Waals surface area contributed by atoms with Gasteiger partial charge in [-0.3, -0.25) is 19.5 Å². The van der Waals surface area contributed by atoms with E-state index in [1.54, 1.807) is 6.20 Å². The third kappa shape index (κ3) is 3.51. The quantitative estimate of drug-likeness (QED) is 0.657. The van der Waals surface area contributed by atoms with Gasteiger partial charge in [-0.2, -0.15) is 0 Å². The number of anilines is 1. The number of para-hydroxylation sites is 1. The molecule has 2 aromatic carbocycles. The molecule has 2 aliphatic heterocycles. The van der Waals surface area contributed by atoms with Gasteiger partial charge in [0.25, 0.3) is 5.91 Å². The predicted molar refractivity (Wildman–Crippen MR) is 126 cm³/mol. The summed E-state index contributed by atoms with van der Waals surface area (Å²) in [4.78, 5) is 32.7. The molecule has 1 unspecified atom stereocenters. The van der Waals surface area contributed by atoms with Crippen molar-refractivity contribution in [2.24, 2.45) is 0 Å². The first kappa shape index (κ1) is 20.1. The molecule has 166 valence electrons. The van der Waals surface area contributed by atoms with Crippen molar-refractivity contribution in [1.29, 1.82) is 0 Å². The van der Waals surface area contributed by atoms with Crippen LogP contribution in [0.1, 0.15) is 39.2 Å². The summed E-state index contributed by atoms with van der Waals surface area (Å²) in [5.74, 6) is -0.100. The van der Waals surface area contributed by atoms with E-state index in [1.807, 2.05) is 36.4 Å². The average Bonchev–Trinajstić information content (AvgIpc) is 3.51. The van der Waals surface area contributed by atoms with Crippen molar-refractivity contribution in [2.45, 2.75) is 37.3 Å². The van der Waals surface area contributed by atoms with E-state index in [1.165, 1.54) is 5.56 Å². The smallest absolute Gasteiger partial charge is 0.270 e. The number of hydrogen-bond acceptors (Lipinski definition) is 4. The largest absolute Gasteiger partial charge is 0.347 e. The zero-order valence-corrected chi connectivity index (χ0v) is 18.4. The van der Waals surface area contributed by atoms with E-state index in [4.69, 9.17) is 0 Å². The molecule has 6 rings (SSSR count). The lowest BCUT2D eigenvalue weighted by molar-refractivity contribution is -0.120. The van der Waals surface area contributed by atoms with Gasteiger partial charge in [-0.15, -0.1) is 0 Å². The maximum Gasteiger partial charge on any atom is 0.270 e. The predicted octanol–water partition coefficient (Wildman–Crippen LogP) is 3.07. The van der Waals surface area contributed by atoms with Crippen LogP contribution in [0, 0.1) is 0 Å². The molecule has 6 nitrogen and oxygen atoms in total. The van der Waals surface area contributed by atoms with Crippen molar-refractivity contribution >= 4 is 17.5 Å². The Bertz CT molecular complexity index is 1240. The molecule has 0 bridgehead atoms. The fraction of sp³-hybridized carbons (Fsp3) is 0.296. The molecule has 3 aliphatic rings. The standard InChI is InChI=1S/C27H26N4O2/c32-25(29-21-10-11-31(17-21)16-18-6-2-1-3-7-18)24-12-19-13-27(14-20(19)15-28-24)22-8-4-5-9-23(22)30-26(27)33/h1-9,12,15,21H,10-11,13-14,16-17H2,(H,29,32)(H,30,33)/t21-,27?/m0/s1. The van der Waals surface area contributed by atoms with Gasteiger partial charge in [-0.25, -0.2) is 0 Å². The SMILES string of the molecule is O=C(N[C@H]1CCN(Cc2ccccc2)C1)c1cc2c(cn1)CC1(C2)C(=O)Nc2ccccc21. The minimum atomic E-state index is -0.584. The third-order valence-electron chi connectivity index (χ3n) is 7.28. The van der Waals surface area contributed by atoms with Crippen LogP contribution in [0.5, 0.6) is 0 Å². The van der Waals surface area contributed by atoms with Gasteiger partial charge < -0.3 is 10.6 Å². The maximum atomic E-state index is 13.0. The van der Waals surface area contributed by atoms with E-state index in [9.17, 15) is 9.59 Å². The van der Waals surface area contributed by atoms with E-state index in [2.05, 4.69) is 44.8 Å². The Labute approximate surface area is 193 Å². The van der Waals surface area contributed by atoms with Crippen LogP contribution in [0.25, 0.3) is 0 Å². The summed E-state index contributed by atoms with van der Waals surface area (Å²) in [6, 6.07) is 20.3. The van der Waals surface area contributed by atoms with Crippen LogP contribution in [-0.4, -0.2) is 40.8 Å². The van der Waals surface area contributed by atoms with Crippen molar-refractivity contribution in [1.82, 2.24) is 15.2 Å². The second-order valence-electron chi connectivity index (χ2n) is 9.45. The number of rotatable bonds is 4. The highest BCUT2D eigenvalue weighted by atomic mass is 16.2. The lowest BCUT2D eigenvalue weighted by Gasteiger charge is -2.20. The van der Waals surface area contributed by atoms with E-state index in [0.29, 0.717) is 18.5 Å². The highest BCUT2D eigenvalue weighted by Crippen LogP contribution is 2.47. The lowest BCUT2D eigenvalue weighted by Crippen LogP contribution is -2.37. The molecule has 1 aromatic heterocycles. The number of nitrogens with one attached hydrogen (secondary N) is 2. The third-order valence-corrected chi connectivity index (χ3v) is 7.28. The molecule has 33 heavy (non-hydrogen) atoms. The van der Waals surface area contributed by atoms with Crippen LogP contribution in [0.2, 0.25) is 0 Å². The van der Waals surface area contributed by atoms with E-state index < -0.39 is 5.41 Å². The van der Waals surface area contributed by atoms with Gasteiger partial charge in [0.2, 0.25) is 5.91 Å². The van der Waals surface area contributed by atoms with Crippen LogP contribution < -0.4 is 10.6 Å². The van der Waals surface area contributed by atoms with Gasteiger partial charge in [0.1, 0.15) is 5.69 Å². The first-order valence-corrected chi connectivity index (χ1v) is 11.6. The summed E-state index contributed by atoms with van der Waals surface area (Å²) in [6.45, 7) is 2.70. The molecular weight excluding hydrogens is 412 g/mol. The van der Waals surface area contributed by atoms with E-state index in [0.717, 1.165) is 48.4 Å². The Morgan fingerprint density at radius 1 is 1.09 bits per heavy atom. The molecule has 1 aliphatic carbocycles. The van der Waals surface area contributed by atoms with Crippen LogP contribution in [0.3, 0.4) is 0 Å². The van der Waals surface area contributed by atoms with Crippen LogP contribution >= 0.6 is 0 Å². The van der Waals surface area contributed by atoms with E-state index in [-0.39, 0.29) is 17.9 Å². The Morgan fingerprint density at radius 3 is 2.76 bits per heavy atom. The van der Waals surface area contributed by atoms with Gasteiger partial charge in [0.15, 0.2) is 0 Å². The minimum absolute atomic E-state index is 0.0374. The number of pyridine rings is 1. The molecule has 6 heteroatoms. The molecule has 1 spiro atoms. The minimum Gasteiger partial charge on any atom is -0.347 e. The average molecular weight is 439 g/mol. The van der Waals surface area contributed by atoms with Gasteiger partial charge in [-0.1, -0.05) is 48.5 Å². The first-order valence-electron chi connectivity index (χ1n) is 11.6. The van der Waals surface area contributed by atoms with Gasteiger partial charge in [-0.05, 0) is 53.6 Å². The summed E-state index contributed by atoms with van der Waals surface area (Å²) in [6.07, 6.45) is 3.94. The second kappa shape index (κ2) is 7.81. The summed E-state index contributed by atoms with van der Waals surface area (Å²) >= 11 is 0. The fourth-order valence-electron chi connectivity index (χ4n) is 5.61. The number of nitrogens with zero attached hydrogens (tertiary/aromatic N) is 2. The molecule has 1 fully saturated rings. The Morgan fingerprint density at radius 2 is 1.88 bits per heavy atom. The van der Waals surface area contributed by atoms with Crippen molar-refractivity contribution < 1.29 is 9.59 Å². The number of likely N-dealkylation sites (tertiary alicyclic amines) is 1. The second-order valence-corrected chi connectivity index (χ2v) is 9.45. The normalized spacial score (nSPS) is 23.4. The lowest BCUT2D eigenvalue weighted by atomic mass is 9.79. The highest BCUT2D eigenvalue weighted by molar-refractivity contribution is 6.07. The molecule has 0 saturated carbocycles. The molecule has 3 aromatic rings. The Kier molecular flexibility index (Phi) is 4.76. The van der Waals surface area contributed by atoms with E-state index >= 15 is 0 Å². The molecule has 3 heterocycles. The summed E-state index contributed by atoms with van der Waals surface area (Å²) < 4.78 is 0. The molecule has 2 atom stereocenters.